The number of benzene rings is 1. The van der Waals surface area contributed by atoms with Gasteiger partial charge in [0.1, 0.15) is 5.75 Å². The summed E-state index contributed by atoms with van der Waals surface area (Å²) in [6, 6.07) is 8.28. The first kappa shape index (κ1) is 15.9. The minimum Gasteiger partial charge on any atom is -0.424 e. The molecular formula is C17H12F3N3O. The normalized spacial score (nSPS) is 11.3. The van der Waals surface area contributed by atoms with E-state index in [-0.39, 0.29) is 11.8 Å². The molecule has 0 bridgehead atoms. The Bertz CT molecular complexity index is 831. The molecular weight excluding hydrogens is 319 g/mol. The molecule has 0 fully saturated rings. The highest BCUT2D eigenvalue weighted by Gasteiger charge is 2.30. The molecule has 0 aliphatic carbocycles. The molecule has 0 aliphatic rings. The summed E-state index contributed by atoms with van der Waals surface area (Å²) in [4.78, 5) is 12.2. The van der Waals surface area contributed by atoms with Gasteiger partial charge in [0.2, 0.25) is 0 Å². The molecule has 0 N–H and O–H groups in total. The van der Waals surface area contributed by atoms with Gasteiger partial charge in [-0.05, 0) is 31.2 Å². The van der Waals surface area contributed by atoms with Crippen LogP contribution in [0.25, 0.3) is 11.1 Å². The van der Waals surface area contributed by atoms with Crippen molar-refractivity contribution < 1.29 is 17.9 Å². The molecule has 122 valence electrons. The van der Waals surface area contributed by atoms with Crippen molar-refractivity contribution in [1.82, 2.24) is 15.0 Å². The molecule has 0 saturated heterocycles. The van der Waals surface area contributed by atoms with Gasteiger partial charge in [0.15, 0.2) is 0 Å². The third-order valence-electron chi connectivity index (χ3n) is 3.24. The molecule has 4 nitrogen and oxygen atoms in total. The second kappa shape index (κ2) is 6.27. The van der Waals surface area contributed by atoms with E-state index in [1.807, 2.05) is 19.1 Å². The van der Waals surface area contributed by atoms with Crippen molar-refractivity contribution in [1.29, 1.82) is 0 Å². The topological polar surface area (TPSA) is 47.9 Å². The zero-order valence-corrected chi connectivity index (χ0v) is 12.6. The quantitative estimate of drug-likeness (QED) is 0.700. The maximum absolute atomic E-state index is 12.7. The number of hydrogen-bond donors (Lipinski definition) is 0. The van der Waals surface area contributed by atoms with Gasteiger partial charge in [-0.1, -0.05) is 12.1 Å². The number of halogens is 3. The summed E-state index contributed by atoms with van der Waals surface area (Å²) >= 11 is 0. The Kier molecular flexibility index (Phi) is 4.16. The van der Waals surface area contributed by atoms with Crippen LogP contribution >= 0.6 is 0 Å². The summed E-state index contributed by atoms with van der Waals surface area (Å²) in [6.45, 7) is 1.88. The van der Waals surface area contributed by atoms with Gasteiger partial charge in [0.25, 0.3) is 0 Å². The summed E-state index contributed by atoms with van der Waals surface area (Å²) in [7, 11) is 0. The molecule has 1 aromatic carbocycles. The lowest BCUT2D eigenvalue weighted by Crippen LogP contribution is -2.04. The molecule has 0 unspecified atom stereocenters. The summed E-state index contributed by atoms with van der Waals surface area (Å²) in [5, 5.41) is 0. The highest BCUT2D eigenvalue weighted by molar-refractivity contribution is 5.60. The lowest BCUT2D eigenvalue weighted by molar-refractivity contribution is -0.137. The van der Waals surface area contributed by atoms with Gasteiger partial charge in [-0.25, -0.2) is 9.97 Å². The predicted molar refractivity (Wildman–Crippen MR) is 81.5 cm³/mol. The average molecular weight is 331 g/mol. The SMILES string of the molecule is Cc1ccc(-c2cnc(Oc3cccc(C(F)(F)F)c3)nc2)cn1. The molecule has 2 aromatic heterocycles. The molecule has 0 spiro atoms. The van der Waals surface area contributed by atoms with Crippen LogP contribution < -0.4 is 4.74 Å². The molecule has 7 heteroatoms. The maximum Gasteiger partial charge on any atom is 0.416 e. The first-order valence-electron chi connectivity index (χ1n) is 7.02. The monoisotopic (exact) mass is 331 g/mol. The molecule has 3 rings (SSSR count). The number of hydrogen-bond acceptors (Lipinski definition) is 4. The van der Waals surface area contributed by atoms with E-state index >= 15 is 0 Å². The van der Waals surface area contributed by atoms with Crippen LogP contribution in [0.15, 0.2) is 55.0 Å². The van der Waals surface area contributed by atoms with Gasteiger partial charge < -0.3 is 4.74 Å². The van der Waals surface area contributed by atoms with Crippen LogP contribution in [0.4, 0.5) is 13.2 Å². The lowest BCUT2D eigenvalue weighted by Gasteiger charge is -2.09. The number of ether oxygens (including phenoxy) is 1. The van der Waals surface area contributed by atoms with Crippen molar-refractivity contribution in [2.45, 2.75) is 13.1 Å². The summed E-state index contributed by atoms with van der Waals surface area (Å²) in [5.41, 5.74) is 1.68. The van der Waals surface area contributed by atoms with Crippen LogP contribution in [0.2, 0.25) is 0 Å². The van der Waals surface area contributed by atoms with Gasteiger partial charge in [0, 0.05) is 35.4 Å². The van der Waals surface area contributed by atoms with Gasteiger partial charge in [-0.15, -0.1) is 0 Å². The Balaban J connectivity index is 1.78. The van der Waals surface area contributed by atoms with E-state index in [9.17, 15) is 13.2 Å². The van der Waals surface area contributed by atoms with Crippen molar-refractivity contribution >= 4 is 0 Å². The molecule has 0 saturated carbocycles. The zero-order valence-electron chi connectivity index (χ0n) is 12.6. The largest absolute Gasteiger partial charge is 0.424 e. The molecule has 3 aromatic rings. The van der Waals surface area contributed by atoms with Crippen molar-refractivity contribution in [3.8, 4) is 22.9 Å². The van der Waals surface area contributed by atoms with Gasteiger partial charge in [-0.2, -0.15) is 13.2 Å². The predicted octanol–water partition coefficient (Wildman–Crippen LogP) is 4.66. The molecule has 0 atom stereocenters. The number of alkyl halides is 3. The van der Waals surface area contributed by atoms with E-state index < -0.39 is 11.7 Å². The number of aryl methyl sites for hydroxylation is 1. The first-order valence-corrected chi connectivity index (χ1v) is 7.02. The van der Waals surface area contributed by atoms with Gasteiger partial charge in [-0.3, -0.25) is 4.98 Å². The Morgan fingerprint density at radius 3 is 2.21 bits per heavy atom. The van der Waals surface area contributed by atoms with Crippen LogP contribution in [0.1, 0.15) is 11.3 Å². The van der Waals surface area contributed by atoms with E-state index in [0.29, 0.717) is 0 Å². The minimum absolute atomic E-state index is 0.0228. The Hall–Kier alpha value is -2.96. The van der Waals surface area contributed by atoms with Gasteiger partial charge >= 0.3 is 12.2 Å². The van der Waals surface area contributed by atoms with E-state index in [1.54, 1.807) is 6.20 Å². The van der Waals surface area contributed by atoms with E-state index in [1.165, 1.54) is 24.5 Å². The fourth-order valence-corrected chi connectivity index (χ4v) is 2.00. The summed E-state index contributed by atoms with van der Waals surface area (Å²) in [5.74, 6) is 0.0228. The molecule has 0 aliphatic heterocycles. The second-order valence-corrected chi connectivity index (χ2v) is 5.07. The van der Waals surface area contributed by atoms with E-state index in [0.717, 1.165) is 29.0 Å². The highest BCUT2D eigenvalue weighted by Crippen LogP contribution is 2.32. The third-order valence-corrected chi connectivity index (χ3v) is 3.24. The van der Waals surface area contributed by atoms with E-state index in [4.69, 9.17) is 4.74 Å². The molecule has 0 amide bonds. The van der Waals surface area contributed by atoms with Crippen molar-refractivity contribution in [3.05, 3.63) is 66.2 Å². The van der Waals surface area contributed by atoms with Crippen LogP contribution in [0, 0.1) is 6.92 Å². The minimum atomic E-state index is -4.43. The average Bonchev–Trinajstić information content (AvgIpc) is 2.56. The van der Waals surface area contributed by atoms with Gasteiger partial charge in [0.05, 0.1) is 5.56 Å². The number of rotatable bonds is 3. The maximum atomic E-state index is 12.7. The summed E-state index contributed by atoms with van der Waals surface area (Å²) in [6.07, 6.45) is 0.328. The standard InChI is InChI=1S/C17H12F3N3O/c1-11-5-6-12(8-21-11)13-9-22-16(23-10-13)24-15-4-2-3-14(7-15)17(18,19)20/h2-10H,1H3. The zero-order chi connectivity index (χ0) is 17.2. The fraction of sp³-hybridized carbons (Fsp3) is 0.118. The van der Waals surface area contributed by atoms with Crippen molar-refractivity contribution in [2.24, 2.45) is 0 Å². The molecule has 0 radical (unpaired) electrons. The highest BCUT2D eigenvalue weighted by atomic mass is 19.4. The van der Waals surface area contributed by atoms with Crippen LogP contribution in [0.5, 0.6) is 11.8 Å². The van der Waals surface area contributed by atoms with Crippen LogP contribution in [-0.2, 0) is 6.18 Å². The first-order chi connectivity index (χ1) is 11.4. The number of pyridine rings is 1. The Labute approximate surface area is 136 Å². The molecule has 2 heterocycles. The van der Waals surface area contributed by atoms with E-state index in [2.05, 4.69) is 15.0 Å². The lowest BCUT2D eigenvalue weighted by atomic mass is 10.1. The second-order valence-electron chi connectivity index (χ2n) is 5.07. The van der Waals surface area contributed by atoms with Crippen molar-refractivity contribution in [3.63, 3.8) is 0 Å². The van der Waals surface area contributed by atoms with Crippen molar-refractivity contribution in [2.75, 3.05) is 0 Å². The Morgan fingerprint density at radius 2 is 1.58 bits per heavy atom. The Morgan fingerprint density at radius 1 is 0.875 bits per heavy atom. The van der Waals surface area contributed by atoms with Crippen LogP contribution in [0.3, 0.4) is 0 Å². The third kappa shape index (κ3) is 3.68. The fourth-order valence-electron chi connectivity index (χ4n) is 2.00. The smallest absolute Gasteiger partial charge is 0.416 e. The number of aromatic nitrogens is 3. The number of nitrogens with zero attached hydrogens (tertiary/aromatic N) is 3. The summed E-state index contributed by atoms with van der Waals surface area (Å²) < 4.78 is 43.3. The molecule has 24 heavy (non-hydrogen) atoms. The van der Waals surface area contributed by atoms with Crippen LogP contribution in [-0.4, -0.2) is 15.0 Å².